The summed E-state index contributed by atoms with van der Waals surface area (Å²) < 4.78 is 7.21. The van der Waals surface area contributed by atoms with Crippen molar-refractivity contribution in [3.8, 4) is 0 Å². The summed E-state index contributed by atoms with van der Waals surface area (Å²) in [6.07, 6.45) is 7.26. The third-order valence-corrected chi connectivity index (χ3v) is 5.27. The van der Waals surface area contributed by atoms with E-state index >= 15 is 0 Å². The molecule has 1 amide bonds. The largest absolute Gasteiger partial charge is 0.381 e. The average molecular weight is 320 g/mol. The second-order valence-electron chi connectivity index (χ2n) is 6.92. The predicted octanol–water partition coefficient (Wildman–Crippen LogP) is 0.998. The van der Waals surface area contributed by atoms with Gasteiger partial charge in [-0.2, -0.15) is 5.10 Å². The summed E-state index contributed by atoms with van der Waals surface area (Å²) >= 11 is 0. The minimum absolute atomic E-state index is 0.0267. The quantitative estimate of drug-likeness (QED) is 0.879. The van der Waals surface area contributed by atoms with Crippen molar-refractivity contribution in [2.24, 2.45) is 18.9 Å². The molecule has 1 aromatic heterocycles. The zero-order chi connectivity index (χ0) is 16.2. The van der Waals surface area contributed by atoms with Crippen LogP contribution in [0.15, 0.2) is 12.4 Å². The predicted molar refractivity (Wildman–Crippen MR) is 88.1 cm³/mol. The Morgan fingerprint density at radius 3 is 2.91 bits per heavy atom. The van der Waals surface area contributed by atoms with Gasteiger partial charge in [-0.1, -0.05) is 0 Å². The van der Waals surface area contributed by atoms with Crippen molar-refractivity contribution in [3.05, 3.63) is 18.0 Å². The molecule has 0 unspecified atom stereocenters. The van der Waals surface area contributed by atoms with Gasteiger partial charge in [-0.15, -0.1) is 0 Å². The van der Waals surface area contributed by atoms with Gasteiger partial charge in [0.15, 0.2) is 0 Å². The van der Waals surface area contributed by atoms with E-state index in [1.165, 1.54) is 0 Å². The molecule has 6 heteroatoms. The van der Waals surface area contributed by atoms with E-state index in [0.29, 0.717) is 5.92 Å². The lowest BCUT2D eigenvalue weighted by Gasteiger charge is -2.27. The molecule has 2 saturated heterocycles. The highest BCUT2D eigenvalue weighted by Crippen LogP contribution is 2.29. The maximum Gasteiger partial charge on any atom is 0.227 e. The Labute approximate surface area is 138 Å². The van der Waals surface area contributed by atoms with Crippen LogP contribution in [0.25, 0.3) is 0 Å². The molecule has 0 aliphatic carbocycles. The van der Waals surface area contributed by atoms with Crippen LogP contribution in [0.3, 0.4) is 0 Å². The molecule has 0 bridgehead atoms. The summed E-state index contributed by atoms with van der Waals surface area (Å²) in [5.74, 6) is 1.23. The molecule has 0 aromatic carbocycles. The van der Waals surface area contributed by atoms with Crippen LogP contribution in [-0.2, 0) is 16.6 Å². The normalized spacial score (nSPS) is 25.7. The zero-order valence-electron chi connectivity index (χ0n) is 14.2. The first-order valence-corrected chi connectivity index (χ1v) is 8.67. The zero-order valence-corrected chi connectivity index (χ0v) is 14.2. The minimum atomic E-state index is 0.0267. The lowest BCUT2D eigenvalue weighted by molar-refractivity contribution is -0.134. The van der Waals surface area contributed by atoms with Gasteiger partial charge in [0.25, 0.3) is 0 Å². The fraction of sp³-hybridized carbons (Fsp3) is 0.765. The van der Waals surface area contributed by atoms with Gasteiger partial charge in [-0.3, -0.25) is 9.48 Å². The maximum atomic E-state index is 12.8. The summed E-state index contributed by atoms with van der Waals surface area (Å²) in [7, 11) is 3.86. The van der Waals surface area contributed by atoms with Gasteiger partial charge in [0.05, 0.1) is 12.1 Å². The number of carbonyl (C=O) groups is 1. The van der Waals surface area contributed by atoms with E-state index in [-0.39, 0.29) is 17.7 Å². The van der Waals surface area contributed by atoms with Gasteiger partial charge in [0.1, 0.15) is 0 Å². The monoisotopic (exact) mass is 320 g/mol. The fourth-order valence-corrected chi connectivity index (χ4v) is 3.72. The van der Waals surface area contributed by atoms with Crippen LogP contribution in [0.5, 0.6) is 0 Å². The van der Waals surface area contributed by atoms with Crippen LogP contribution in [0.4, 0.5) is 0 Å². The summed E-state index contributed by atoms with van der Waals surface area (Å²) in [5, 5.41) is 7.62. The second-order valence-corrected chi connectivity index (χ2v) is 6.92. The standard InChI is InChI=1S/C17H28N4O2/c1-20(6-3-13-4-7-23-8-5-13)17(22)16-11-18-10-15(16)14-9-19-21(2)12-14/h9,12-13,15-16,18H,3-8,10-11H2,1-2H3/t15-,16+/m1/s1. The van der Waals surface area contributed by atoms with Crippen LogP contribution in [0.1, 0.15) is 30.7 Å². The van der Waals surface area contributed by atoms with E-state index in [9.17, 15) is 4.79 Å². The molecular formula is C17H28N4O2. The van der Waals surface area contributed by atoms with Gasteiger partial charge < -0.3 is 15.0 Å². The molecule has 0 spiro atoms. The van der Waals surface area contributed by atoms with E-state index in [4.69, 9.17) is 4.74 Å². The van der Waals surface area contributed by atoms with E-state index in [1.807, 2.05) is 36.1 Å². The van der Waals surface area contributed by atoms with E-state index in [1.54, 1.807) is 0 Å². The number of carbonyl (C=O) groups excluding carboxylic acids is 1. The number of ether oxygens (including phenoxy) is 1. The van der Waals surface area contributed by atoms with Crippen molar-refractivity contribution in [2.45, 2.75) is 25.2 Å². The van der Waals surface area contributed by atoms with Crippen LogP contribution >= 0.6 is 0 Å². The smallest absolute Gasteiger partial charge is 0.227 e. The molecule has 6 nitrogen and oxygen atoms in total. The summed E-state index contributed by atoms with van der Waals surface area (Å²) in [6.45, 7) is 4.21. The molecule has 1 aromatic rings. The van der Waals surface area contributed by atoms with Gasteiger partial charge in [0, 0.05) is 59.1 Å². The molecule has 0 radical (unpaired) electrons. The van der Waals surface area contributed by atoms with Crippen molar-refractivity contribution >= 4 is 5.91 Å². The van der Waals surface area contributed by atoms with Gasteiger partial charge in [0.2, 0.25) is 5.91 Å². The van der Waals surface area contributed by atoms with Crippen LogP contribution in [-0.4, -0.2) is 60.5 Å². The van der Waals surface area contributed by atoms with Crippen molar-refractivity contribution in [2.75, 3.05) is 39.9 Å². The van der Waals surface area contributed by atoms with Crippen LogP contribution < -0.4 is 5.32 Å². The molecule has 2 aliphatic heterocycles. The number of nitrogens with one attached hydrogen (secondary N) is 1. The fourth-order valence-electron chi connectivity index (χ4n) is 3.72. The first-order valence-electron chi connectivity index (χ1n) is 8.67. The van der Waals surface area contributed by atoms with Gasteiger partial charge in [-0.25, -0.2) is 0 Å². The van der Waals surface area contributed by atoms with E-state index in [0.717, 1.165) is 57.7 Å². The third kappa shape index (κ3) is 3.93. The number of hydrogen-bond donors (Lipinski definition) is 1. The number of aromatic nitrogens is 2. The lowest BCUT2D eigenvalue weighted by atomic mass is 9.89. The first kappa shape index (κ1) is 16.5. The number of amides is 1. The SMILES string of the molecule is CN(CCC1CCOCC1)C(=O)[C@H]1CNC[C@@H]1c1cnn(C)c1. The Morgan fingerprint density at radius 1 is 1.43 bits per heavy atom. The Kier molecular flexibility index (Phi) is 5.33. The second kappa shape index (κ2) is 7.45. The van der Waals surface area contributed by atoms with Gasteiger partial charge >= 0.3 is 0 Å². The van der Waals surface area contributed by atoms with Crippen LogP contribution in [0, 0.1) is 11.8 Å². The minimum Gasteiger partial charge on any atom is -0.381 e. The molecule has 2 fully saturated rings. The Morgan fingerprint density at radius 2 is 2.22 bits per heavy atom. The highest BCUT2D eigenvalue weighted by molar-refractivity contribution is 5.80. The summed E-state index contributed by atoms with van der Waals surface area (Å²) in [5.41, 5.74) is 1.16. The molecule has 3 heterocycles. The molecule has 0 saturated carbocycles. The molecule has 2 atom stereocenters. The summed E-state index contributed by atoms with van der Waals surface area (Å²) in [4.78, 5) is 14.8. The molecule has 1 N–H and O–H groups in total. The first-order chi connectivity index (χ1) is 11.1. The van der Waals surface area contributed by atoms with Crippen molar-refractivity contribution in [1.29, 1.82) is 0 Å². The molecule has 2 aliphatic rings. The number of nitrogens with zero attached hydrogens (tertiary/aromatic N) is 3. The van der Waals surface area contributed by atoms with Gasteiger partial charge in [-0.05, 0) is 30.7 Å². The highest BCUT2D eigenvalue weighted by atomic mass is 16.5. The summed E-state index contributed by atoms with van der Waals surface area (Å²) in [6, 6.07) is 0. The van der Waals surface area contributed by atoms with E-state index in [2.05, 4.69) is 10.4 Å². The van der Waals surface area contributed by atoms with Crippen molar-refractivity contribution in [3.63, 3.8) is 0 Å². The number of rotatable bonds is 5. The molecule has 3 rings (SSSR count). The lowest BCUT2D eigenvalue weighted by Crippen LogP contribution is -2.37. The van der Waals surface area contributed by atoms with Crippen LogP contribution in [0.2, 0.25) is 0 Å². The van der Waals surface area contributed by atoms with Crippen molar-refractivity contribution in [1.82, 2.24) is 20.0 Å². The topological polar surface area (TPSA) is 59.4 Å². The number of aryl methyl sites for hydroxylation is 1. The Hall–Kier alpha value is -1.40. The molecule has 128 valence electrons. The Balaban J connectivity index is 1.55. The molecule has 23 heavy (non-hydrogen) atoms. The highest BCUT2D eigenvalue weighted by Gasteiger charge is 2.36. The average Bonchev–Trinajstić information content (AvgIpc) is 3.21. The molecular weight excluding hydrogens is 292 g/mol. The van der Waals surface area contributed by atoms with Crippen molar-refractivity contribution < 1.29 is 9.53 Å². The maximum absolute atomic E-state index is 12.8. The van der Waals surface area contributed by atoms with E-state index < -0.39 is 0 Å². The Bertz CT molecular complexity index is 524. The number of hydrogen-bond acceptors (Lipinski definition) is 4. The third-order valence-electron chi connectivity index (χ3n) is 5.27.